The third-order valence-electron chi connectivity index (χ3n) is 2.53. The molecule has 0 fully saturated rings. The zero-order valence-corrected chi connectivity index (χ0v) is 10.3. The van der Waals surface area contributed by atoms with Gasteiger partial charge in [-0.1, -0.05) is 12.1 Å². The van der Waals surface area contributed by atoms with Crippen LogP contribution in [0.15, 0.2) is 35.5 Å². The second kappa shape index (κ2) is 5.29. The first kappa shape index (κ1) is 12.1. The molecule has 0 bridgehead atoms. The second-order valence-electron chi connectivity index (χ2n) is 3.87. The maximum absolute atomic E-state index is 10.3. The quantitative estimate of drug-likeness (QED) is 0.611. The van der Waals surface area contributed by atoms with Crippen LogP contribution >= 0.6 is 0 Å². The lowest BCUT2D eigenvalue weighted by atomic mass is 10.2. The first-order valence-electron chi connectivity index (χ1n) is 5.49. The Balaban J connectivity index is 2.15. The van der Waals surface area contributed by atoms with Crippen molar-refractivity contribution in [2.75, 3.05) is 0 Å². The minimum absolute atomic E-state index is 0.394. The summed E-state index contributed by atoms with van der Waals surface area (Å²) in [5.41, 5.74) is 2.41. The SMILES string of the molecule is Cc1nn(C)cc1COc1ccccc1N=C=O. The summed E-state index contributed by atoms with van der Waals surface area (Å²) in [6.07, 6.45) is 3.42. The molecule has 0 aliphatic heterocycles. The van der Waals surface area contributed by atoms with Gasteiger partial charge in [0, 0.05) is 18.8 Å². The van der Waals surface area contributed by atoms with Gasteiger partial charge < -0.3 is 4.74 Å². The first-order valence-corrected chi connectivity index (χ1v) is 5.49. The molecule has 1 aromatic heterocycles. The molecule has 0 saturated carbocycles. The van der Waals surface area contributed by atoms with Crippen molar-refractivity contribution in [3.63, 3.8) is 0 Å². The van der Waals surface area contributed by atoms with Gasteiger partial charge in [-0.3, -0.25) is 4.68 Å². The van der Waals surface area contributed by atoms with Crippen molar-refractivity contribution >= 4 is 11.8 Å². The second-order valence-corrected chi connectivity index (χ2v) is 3.87. The molecule has 0 aliphatic carbocycles. The van der Waals surface area contributed by atoms with Crippen molar-refractivity contribution in [1.29, 1.82) is 0 Å². The van der Waals surface area contributed by atoms with E-state index in [2.05, 4.69) is 10.1 Å². The van der Waals surface area contributed by atoms with Gasteiger partial charge in [-0.15, -0.1) is 0 Å². The molecule has 0 atom stereocenters. The highest BCUT2D eigenvalue weighted by molar-refractivity contribution is 5.57. The molecule has 0 aliphatic rings. The Hall–Kier alpha value is -2.39. The molecule has 5 nitrogen and oxygen atoms in total. The van der Waals surface area contributed by atoms with Gasteiger partial charge in [0.1, 0.15) is 18.0 Å². The van der Waals surface area contributed by atoms with Crippen LogP contribution in [-0.2, 0) is 18.4 Å². The van der Waals surface area contributed by atoms with Crippen molar-refractivity contribution in [3.8, 4) is 5.75 Å². The predicted molar refractivity (Wildman–Crippen MR) is 66.5 cm³/mol. The summed E-state index contributed by atoms with van der Waals surface area (Å²) in [7, 11) is 1.86. The molecule has 0 N–H and O–H groups in total. The zero-order valence-electron chi connectivity index (χ0n) is 10.3. The topological polar surface area (TPSA) is 56.5 Å². The van der Waals surface area contributed by atoms with Gasteiger partial charge in [-0.25, -0.2) is 4.79 Å². The minimum Gasteiger partial charge on any atom is -0.486 e. The summed E-state index contributed by atoms with van der Waals surface area (Å²) >= 11 is 0. The average molecular weight is 243 g/mol. The van der Waals surface area contributed by atoms with Gasteiger partial charge in [-0.2, -0.15) is 10.1 Å². The molecular formula is C13H13N3O2. The molecule has 2 rings (SSSR count). The number of aromatic nitrogens is 2. The maximum Gasteiger partial charge on any atom is 0.240 e. The highest BCUT2D eigenvalue weighted by Crippen LogP contribution is 2.27. The average Bonchev–Trinajstić information content (AvgIpc) is 2.67. The Morgan fingerprint density at radius 1 is 1.44 bits per heavy atom. The van der Waals surface area contributed by atoms with Crippen molar-refractivity contribution < 1.29 is 9.53 Å². The largest absolute Gasteiger partial charge is 0.486 e. The molecule has 18 heavy (non-hydrogen) atoms. The van der Waals surface area contributed by atoms with Crippen molar-refractivity contribution in [2.45, 2.75) is 13.5 Å². The molecule has 0 saturated heterocycles. The molecule has 0 radical (unpaired) electrons. The molecule has 0 unspecified atom stereocenters. The number of nitrogens with zero attached hydrogens (tertiary/aromatic N) is 3. The number of aliphatic imine (C=N–C) groups is 1. The third-order valence-corrected chi connectivity index (χ3v) is 2.53. The van der Waals surface area contributed by atoms with Gasteiger partial charge in [0.2, 0.25) is 6.08 Å². The van der Waals surface area contributed by atoms with Gasteiger partial charge in [0.25, 0.3) is 0 Å². The Morgan fingerprint density at radius 3 is 2.89 bits per heavy atom. The Kier molecular flexibility index (Phi) is 3.55. The number of rotatable bonds is 4. The van der Waals surface area contributed by atoms with E-state index in [1.54, 1.807) is 22.9 Å². The number of benzene rings is 1. The van der Waals surface area contributed by atoms with E-state index in [9.17, 15) is 4.79 Å². The highest BCUT2D eigenvalue weighted by Gasteiger charge is 2.06. The van der Waals surface area contributed by atoms with Crippen LogP contribution in [-0.4, -0.2) is 15.9 Å². The fraction of sp³-hybridized carbons (Fsp3) is 0.231. The third kappa shape index (κ3) is 2.64. The summed E-state index contributed by atoms with van der Waals surface area (Å²) in [4.78, 5) is 13.9. The number of ether oxygens (including phenoxy) is 1. The summed E-state index contributed by atoms with van der Waals surface area (Å²) in [5.74, 6) is 0.559. The van der Waals surface area contributed by atoms with Crippen molar-refractivity contribution in [3.05, 3.63) is 41.7 Å². The predicted octanol–water partition coefficient (Wildman–Crippen LogP) is 2.27. The van der Waals surface area contributed by atoms with E-state index in [0.717, 1.165) is 11.3 Å². The van der Waals surface area contributed by atoms with E-state index in [-0.39, 0.29) is 0 Å². The summed E-state index contributed by atoms with van der Waals surface area (Å²) in [6, 6.07) is 7.09. The van der Waals surface area contributed by atoms with E-state index in [1.165, 1.54) is 6.08 Å². The molecule has 1 aromatic carbocycles. The lowest BCUT2D eigenvalue weighted by Crippen LogP contribution is -1.96. The maximum atomic E-state index is 10.3. The van der Waals surface area contributed by atoms with E-state index >= 15 is 0 Å². The van der Waals surface area contributed by atoms with Gasteiger partial charge >= 0.3 is 0 Å². The number of aryl methyl sites for hydroxylation is 2. The lowest BCUT2D eigenvalue weighted by Gasteiger charge is -2.06. The summed E-state index contributed by atoms with van der Waals surface area (Å²) < 4.78 is 7.38. The molecule has 0 amide bonds. The van der Waals surface area contributed by atoms with Crippen LogP contribution in [0.1, 0.15) is 11.3 Å². The molecule has 0 spiro atoms. The normalized spacial score (nSPS) is 9.89. The molecule has 1 heterocycles. The van der Waals surface area contributed by atoms with Crippen molar-refractivity contribution in [1.82, 2.24) is 9.78 Å². The number of carbonyl (C=O) groups excluding carboxylic acids is 1. The molecule has 5 heteroatoms. The van der Waals surface area contributed by atoms with Crippen LogP contribution in [0.2, 0.25) is 0 Å². The van der Waals surface area contributed by atoms with Gasteiger partial charge in [0.15, 0.2) is 0 Å². The van der Waals surface area contributed by atoms with Crippen LogP contribution in [0.4, 0.5) is 5.69 Å². The van der Waals surface area contributed by atoms with Gasteiger partial charge in [-0.05, 0) is 19.1 Å². The van der Waals surface area contributed by atoms with Crippen LogP contribution in [0, 0.1) is 6.92 Å². The minimum atomic E-state index is 0.394. The number of para-hydroxylation sites is 2. The molecular weight excluding hydrogens is 230 g/mol. The zero-order chi connectivity index (χ0) is 13.0. The summed E-state index contributed by atoms with van der Waals surface area (Å²) in [5, 5.41) is 4.23. The summed E-state index contributed by atoms with van der Waals surface area (Å²) in [6.45, 7) is 2.32. The van der Waals surface area contributed by atoms with Gasteiger partial charge in [0.05, 0.1) is 5.69 Å². The van der Waals surface area contributed by atoms with E-state index in [0.29, 0.717) is 18.0 Å². The van der Waals surface area contributed by atoms with Crippen LogP contribution in [0.3, 0.4) is 0 Å². The standard InChI is InChI=1S/C13H13N3O2/c1-10-11(7-16(2)15-10)8-18-13-6-4-3-5-12(13)14-9-17/h3-7H,8H2,1-2H3. The van der Waals surface area contributed by atoms with Crippen molar-refractivity contribution in [2.24, 2.45) is 12.0 Å². The Morgan fingerprint density at radius 2 is 2.22 bits per heavy atom. The molecule has 2 aromatic rings. The van der Waals surface area contributed by atoms with E-state index in [1.807, 2.05) is 26.2 Å². The Labute approximate surface area is 105 Å². The van der Waals surface area contributed by atoms with E-state index < -0.39 is 0 Å². The van der Waals surface area contributed by atoms with Crippen LogP contribution in [0.5, 0.6) is 5.75 Å². The fourth-order valence-electron chi connectivity index (χ4n) is 1.67. The highest BCUT2D eigenvalue weighted by atomic mass is 16.5. The number of isocyanates is 1. The Bertz CT molecular complexity index is 598. The van der Waals surface area contributed by atoms with E-state index in [4.69, 9.17) is 4.74 Å². The van der Waals surface area contributed by atoms with Crippen LogP contribution < -0.4 is 4.74 Å². The number of hydrogen-bond acceptors (Lipinski definition) is 4. The fourth-order valence-corrected chi connectivity index (χ4v) is 1.67. The first-order chi connectivity index (χ1) is 8.70. The molecule has 92 valence electrons. The smallest absolute Gasteiger partial charge is 0.240 e. The van der Waals surface area contributed by atoms with Crippen LogP contribution in [0.25, 0.3) is 0 Å². The monoisotopic (exact) mass is 243 g/mol. The number of hydrogen-bond donors (Lipinski definition) is 0. The lowest BCUT2D eigenvalue weighted by molar-refractivity contribution is 0.306.